The molecule has 4 nitrogen and oxygen atoms in total. The van der Waals surface area contributed by atoms with E-state index in [0.717, 1.165) is 0 Å². The SMILES string of the molecule is COc1nccc(Cl)c1N=C=O. The molecule has 0 aliphatic heterocycles. The fraction of sp³-hybridized carbons (Fsp3) is 0.143. The molecule has 62 valence electrons. The van der Waals surface area contributed by atoms with Gasteiger partial charge in [0.25, 0.3) is 0 Å². The molecule has 0 amide bonds. The standard InChI is InChI=1S/C7H5ClN2O2/c1-12-7-6(10-4-11)5(8)2-3-9-7/h2-3H,1H3. The van der Waals surface area contributed by atoms with E-state index in [9.17, 15) is 4.79 Å². The maximum absolute atomic E-state index is 9.96. The Morgan fingerprint density at radius 2 is 2.50 bits per heavy atom. The lowest BCUT2D eigenvalue weighted by atomic mass is 10.4. The van der Waals surface area contributed by atoms with Crippen LogP contribution in [0.3, 0.4) is 0 Å². The third kappa shape index (κ3) is 1.61. The van der Waals surface area contributed by atoms with Crippen molar-refractivity contribution in [3.05, 3.63) is 17.3 Å². The van der Waals surface area contributed by atoms with Gasteiger partial charge in [0.15, 0.2) is 5.69 Å². The molecule has 1 rings (SSSR count). The highest BCUT2D eigenvalue weighted by atomic mass is 35.5. The molecular formula is C7H5ClN2O2. The molecule has 0 spiro atoms. The van der Waals surface area contributed by atoms with Gasteiger partial charge in [0.1, 0.15) is 0 Å². The molecular weight excluding hydrogens is 180 g/mol. The molecule has 1 heterocycles. The maximum Gasteiger partial charge on any atom is 0.242 e. The van der Waals surface area contributed by atoms with Gasteiger partial charge in [-0.15, -0.1) is 0 Å². The van der Waals surface area contributed by atoms with E-state index >= 15 is 0 Å². The zero-order valence-corrected chi connectivity index (χ0v) is 7.00. The second-order valence-electron chi connectivity index (χ2n) is 1.85. The molecule has 1 aromatic rings. The summed E-state index contributed by atoms with van der Waals surface area (Å²) in [7, 11) is 1.42. The van der Waals surface area contributed by atoms with Crippen LogP contribution in [0.2, 0.25) is 5.02 Å². The van der Waals surface area contributed by atoms with Crippen LogP contribution in [0.1, 0.15) is 0 Å². The largest absolute Gasteiger partial charge is 0.479 e. The van der Waals surface area contributed by atoms with E-state index in [-0.39, 0.29) is 11.6 Å². The predicted octanol–water partition coefficient (Wildman–Crippen LogP) is 1.71. The summed E-state index contributed by atoms with van der Waals surface area (Å²) in [6, 6.07) is 1.51. The quantitative estimate of drug-likeness (QED) is 0.519. The van der Waals surface area contributed by atoms with E-state index in [4.69, 9.17) is 16.3 Å². The number of aliphatic imine (C=N–C) groups is 1. The molecule has 12 heavy (non-hydrogen) atoms. The Morgan fingerprint density at radius 3 is 3.08 bits per heavy atom. The summed E-state index contributed by atoms with van der Waals surface area (Å²) in [6.45, 7) is 0. The zero-order chi connectivity index (χ0) is 8.97. The average Bonchev–Trinajstić information content (AvgIpc) is 2.09. The van der Waals surface area contributed by atoms with Gasteiger partial charge in [-0.05, 0) is 6.07 Å². The summed E-state index contributed by atoms with van der Waals surface area (Å²) in [5.41, 5.74) is 0.205. The van der Waals surface area contributed by atoms with E-state index in [1.807, 2.05) is 0 Å². The van der Waals surface area contributed by atoms with Crippen molar-refractivity contribution in [2.45, 2.75) is 0 Å². The fourth-order valence-corrected chi connectivity index (χ4v) is 0.888. The molecule has 5 heteroatoms. The monoisotopic (exact) mass is 184 g/mol. The van der Waals surface area contributed by atoms with E-state index in [1.54, 1.807) is 0 Å². The number of pyridine rings is 1. The van der Waals surface area contributed by atoms with Crippen LogP contribution in [0, 0.1) is 0 Å². The number of halogens is 1. The predicted molar refractivity (Wildman–Crippen MR) is 43.6 cm³/mol. The number of aromatic nitrogens is 1. The second kappa shape index (κ2) is 3.85. The summed E-state index contributed by atoms with van der Waals surface area (Å²) in [5, 5.41) is 0.310. The molecule has 0 aromatic carbocycles. The van der Waals surface area contributed by atoms with Crippen LogP contribution in [0.4, 0.5) is 5.69 Å². The number of carbonyl (C=O) groups excluding carboxylic acids is 1. The third-order valence-corrected chi connectivity index (χ3v) is 1.50. The van der Waals surface area contributed by atoms with Crippen molar-refractivity contribution < 1.29 is 9.53 Å². The van der Waals surface area contributed by atoms with Gasteiger partial charge < -0.3 is 4.74 Å². The molecule has 0 radical (unpaired) electrons. The highest BCUT2D eigenvalue weighted by molar-refractivity contribution is 6.33. The summed E-state index contributed by atoms with van der Waals surface area (Å²) in [6.07, 6.45) is 2.83. The molecule has 0 unspecified atom stereocenters. The highest BCUT2D eigenvalue weighted by Crippen LogP contribution is 2.31. The van der Waals surface area contributed by atoms with Crippen molar-refractivity contribution in [3.8, 4) is 5.88 Å². The van der Waals surface area contributed by atoms with Gasteiger partial charge in [-0.2, -0.15) is 4.99 Å². The van der Waals surface area contributed by atoms with Crippen LogP contribution < -0.4 is 4.74 Å². The van der Waals surface area contributed by atoms with Crippen LogP contribution in [-0.2, 0) is 4.79 Å². The average molecular weight is 185 g/mol. The minimum Gasteiger partial charge on any atom is -0.479 e. The van der Waals surface area contributed by atoms with Crippen molar-refractivity contribution in [2.24, 2.45) is 4.99 Å². The Bertz CT molecular complexity index is 334. The normalized spacial score (nSPS) is 8.83. The van der Waals surface area contributed by atoms with Crippen molar-refractivity contribution in [2.75, 3.05) is 7.11 Å². The molecule has 0 aliphatic rings. The van der Waals surface area contributed by atoms with E-state index in [1.165, 1.54) is 25.5 Å². The fourth-order valence-electron chi connectivity index (χ4n) is 0.709. The first-order chi connectivity index (χ1) is 5.79. The Kier molecular flexibility index (Phi) is 2.80. The Hall–Kier alpha value is -1.38. The number of rotatable bonds is 2. The maximum atomic E-state index is 9.96. The van der Waals surface area contributed by atoms with Crippen LogP contribution >= 0.6 is 11.6 Å². The van der Waals surface area contributed by atoms with Gasteiger partial charge in [0.2, 0.25) is 12.0 Å². The Labute approximate surface area is 73.9 Å². The number of nitrogens with zero attached hydrogens (tertiary/aromatic N) is 2. The summed E-state index contributed by atoms with van der Waals surface area (Å²) in [5.74, 6) is 0.214. The molecule has 0 N–H and O–H groups in total. The van der Waals surface area contributed by atoms with Gasteiger partial charge in [0.05, 0.1) is 12.1 Å². The third-order valence-electron chi connectivity index (χ3n) is 1.19. The zero-order valence-electron chi connectivity index (χ0n) is 6.24. The van der Waals surface area contributed by atoms with E-state index < -0.39 is 0 Å². The minimum atomic E-state index is 0.205. The van der Waals surface area contributed by atoms with Crippen molar-refractivity contribution in [1.82, 2.24) is 4.98 Å². The first kappa shape index (κ1) is 8.71. The lowest BCUT2D eigenvalue weighted by Crippen LogP contribution is -1.87. The number of methoxy groups -OCH3 is 1. The number of hydrogen-bond acceptors (Lipinski definition) is 4. The molecule has 0 atom stereocenters. The Morgan fingerprint density at radius 1 is 1.75 bits per heavy atom. The van der Waals surface area contributed by atoms with Gasteiger partial charge >= 0.3 is 0 Å². The molecule has 0 bridgehead atoms. The molecule has 0 saturated heterocycles. The van der Waals surface area contributed by atoms with Crippen LogP contribution in [0.15, 0.2) is 17.3 Å². The molecule has 0 fully saturated rings. The van der Waals surface area contributed by atoms with Gasteiger partial charge in [-0.1, -0.05) is 11.6 Å². The van der Waals surface area contributed by atoms with Crippen molar-refractivity contribution >= 4 is 23.4 Å². The number of hydrogen-bond donors (Lipinski definition) is 0. The van der Waals surface area contributed by atoms with Gasteiger partial charge in [-0.25, -0.2) is 9.78 Å². The number of isocyanates is 1. The van der Waals surface area contributed by atoms with Crippen molar-refractivity contribution in [1.29, 1.82) is 0 Å². The number of ether oxygens (including phenoxy) is 1. The van der Waals surface area contributed by atoms with Gasteiger partial charge in [0, 0.05) is 6.20 Å². The van der Waals surface area contributed by atoms with Gasteiger partial charge in [-0.3, -0.25) is 0 Å². The lowest BCUT2D eigenvalue weighted by molar-refractivity contribution is 0.399. The summed E-state index contributed by atoms with van der Waals surface area (Å²) >= 11 is 5.69. The van der Waals surface area contributed by atoms with Crippen LogP contribution in [0.25, 0.3) is 0 Å². The highest BCUT2D eigenvalue weighted by Gasteiger charge is 2.06. The van der Waals surface area contributed by atoms with Crippen LogP contribution in [0.5, 0.6) is 5.88 Å². The summed E-state index contributed by atoms with van der Waals surface area (Å²) in [4.78, 5) is 17.1. The van der Waals surface area contributed by atoms with Crippen LogP contribution in [-0.4, -0.2) is 18.2 Å². The lowest BCUT2D eigenvalue weighted by Gasteiger charge is -2.01. The van der Waals surface area contributed by atoms with E-state index in [2.05, 4.69) is 9.98 Å². The molecule has 0 aliphatic carbocycles. The first-order valence-electron chi connectivity index (χ1n) is 3.06. The molecule has 0 saturated carbocycles. The smallest absolute Gasteiger partial charge is 0.242 e. The second-order valence-corrected chi connectivity index (χ2v) is 2.26. The Balaban J connectivity index is 3.28. The summed E-state index contributed by atoms with van der Waals surface area (Å²) < 4.78 is 4.81. The first-order valence-corrected chi connectivity index (χ1v) is 3.43. The van der Waals surface area contributed by atoms with Crippen molar-refractivity contribution in [3.63, 3.8) is 0 Å². The minimum absolute atomic E-state index is 0.205. The van der Waals surface area contributed by atoms with E-state index in [0.29, 0.717) is 5.02 Å². The topological polar surface area (TPSA) is 51.6 Å². The molecule has 1 aromatic heterocycles.